The third-order valence-corrected chi connectivity index (χ3v) is 3.51. The summed E-state index contributed by atoms with van der Waals surface area (Å²) in [5.74, 6) is 0. The van der Waals surface area contributed by atoms with Gasteiger partial charge in [-0.3, -0.25) is 0 Å². The van der Waals surface area contributed by atoms with E-state index in [1.54, 1.807) is 24.9 Å². The monoisotopic (exact) mass is 284 g/mol. The molecule has 5 heteroatoms. The molecular formula is C16H20N4O. The topological polar surface area (TPSA) is 74.7 Å². The van der Waals surface area contributed by atoms with Gasteiger partial charge in [-0.1, -0.05) is 18.2 Å². The van der Waals surface area contributed by atoms with Gasteiger partial charge in [0, 0.05) is 0 Å². The Morgan fingerprint density at radius 2 is 1.86 bits per heavy atom. The maximum absolute atomic E-state index is 10.3. The molecule has 1 N–H and O–H groups in total. The average molecular weight is 284 g/mol. The van der Waals surface area contributed by atoms with Gasteiger partial charge in [-0.15, -0.1) is 0 Å². The number of hydrogen-bond donors (Lipinski definition) is 1. The molecular weight excluding hydrogens is 264 g/mol. The summed E-state index contributed by atoms with van der Waals surface area (Å²) in [4.78, 5) is 3.93. The first-order valence-electron chi connectivity index (χ1n) is 6.83. The Balaban J connectivity index is 2.50. The molecule has 1 heterocycles. The van der Waals surface area contributed by atoms with Crippen molar-refractivity contribution in [3.05, 3.63) is 47.5 Å². The first-order valence-corrected chi connectivity index (χ1v) is 6.83. The number of benzene rings is 1. The summed E-state index contributed by atoms with van der Waals surface area (Å²) in [6.45, 7) is 7.78. The minimum atomic E-state index is -0.960. The molecule has 0 aliphatic heterocycles. The molecule has 0 bridgehead atoms. The largest absolute Gasteiger partial charge is 0.386 e. The summed E-state index contributed by atoms with van der Waals surface area (Å²) in [5.41, 5.74) is 1.09. The van der Waals surface area contributed by atoms with Crippen molar-refractivity contribution in [2.45, 2.75) is 45.3 Å². The number of aromatic nitrogens is 3. The van der Waals surface area contributed by atoms with Crippen LogP contribution in [0.15, 0.2) is 30.9 Å². The minimum absolute atomic E-state index is 0.554. The van der Waals surface area contributed by atoms with Crippen LogP contribution in [0.3, 0.4) is 0 Å². The van der Waals surface area contributed by atoms with E-state index < -0.39 is 11.0 Å². The van der Waals surface area contributed by atoms with Gasteiger partial charge in [0.1, 0.15) is 12.7 Å². The van der Waals surface area contributed by atoms with E-state index in [1.807, 2.05) is 32.0 Å². The Kier molecular flexibility index (Phi) is 3.84. The fourth-order valence-corrected chi connectivity index (χ4v) is 2.06. The maximum atomic E-state index is 10.3. The molecule has 5 nitrogen and oxygen atoms in total. The molecule has 0 atom stereocenters. The van der Waals surface area contributed by atoms with Crippen molar-refractivity contribution in [3.63, 3.8) is 0 Å². The Hall–Kier alpha value is -2.19. The lowest BCUT2D eigenvalue weighted by Crippen LogP contribution is -2.20. The Morgan fingerprint density at radius 3 is 2.38 bits per heavy atom. The molecule has 0 saturated heterocycles. The zero-order valence-corrected chi connectivity index (χ0v) is 12.8. The highest BCUT2D eigenvalue weighted by atomic mass is 16.3. The predicted octanol–water partition coefficient (Wildman–Crippen LogP) is 2.35. The van der Waals surface area contributed by atoms with Crippen molar-refractivity contribution in [1.29, 1.82) is 5.26 Å². The quantitative estimate of drug-likeness (QED) is 0.935. The van der Waals surface area contributed by atoms with Gasteiger partial charge in [-0.05, 0) is 44.4 Å². The fourth-order valence-electron chi connectivity index (χ4n) is 2.06. The van der Waals surface area contributed by atoms with Gasteiger partial charge in [0.2, 0.25) is 0 Å². The molecule has 1 aromatic carbocycles. The molecule has 0 aliphatic rings. The van der Waals surface area contributed by atoms with Crippen molar-refractivity contribution in [1.82, 2.24) is 14.8 Å². The summed E-state index contributed by atoms with van der Waals surface area (Å²) in [6, 6.07) is 8.13. The second-order valence-corrected chi connectivity index (χ2v) is 6.31. The van der Waals surface area contributed by atoms with Gasteiger partial charge < -0.3 is 5.11 Å². The van der Waals surface area contributed by atoms with Gasteiger partial charge in [0.05, 0.1) is 23.6 Å². The highest BCUT2D eigenvalue weighted by Crippen LogP contribution is 2.29. The van der Waals surface area contributed by atoms with Crippen LogP contribution in [-0.2, 0) is 17.6 Å². The van der Waals surface area contributed by atoms with Crippen LogP contribution < -0.4 is 0 Å². The van der Waals surface area contributed by atoms with E-state index >= 15 is 0 Å². The van der Waals surface area contributed by atoms with Crippen LogP contribution in [0.2, 0.25) is 0 Å². The second kappa shape index (κ2) is 5.30. The molecule has 2 rings (SSSR count). The fraction of sp³-hybridized carbons (Fsp3) is 0.438. The summed E-state index contributed by atoms with van der Waals surface area (Å²) >= 11 is 0. The van der Waals surface area contributed by atoms with E-state index in [0.29, 0.717) is 6.54 Å². The normalized spacial score (nSPS) is 12.2. The number of aliphatic hydroxyl groups is 1. The third kappa shape index (κ3) is 3.47. The van der Waals surface area contributed by atoms with E-state index in [0.717, 1.165) is 16.7 Å². The number of hydrogen-bond acceptors (Lipinski definition) is 4. The van der Waals surface area contributed by atoms with Crippen LogP contribution >= 0.6 is 0 Å². The van der Waals surface area contributed by atoms with E-state index in [9.17, 15) is 10.4 Å². The number of nitriles is 1. The highest BCUT2D eigenvalue weighted by Gasteiger charge is 2.24. The van der Waals surface area contributed by atoms with E-state index in [4.69, 9.17) is 0 Å². The van der Waals surface area contributed by atoms with Crippen molar-refractivity contribution in [2.75, 3.05) is 0 Å². The van der Waals surface area contributed by atoms with Gasteiger partial charge in [-0.25, -0.2) is 9.67 Å². The van der Waals surface area contributed by atoms with Gasteiger partial charge in [-0.2, -0.15) is 10.4 Å². The van der Waals surface area contributed by atoms with Crippen molar-refractivity contribution in [3.8, 4) is 6.07 Å². The Labute approximate surface area is 124 Å². The van der Waals surface area contributed by atoms with Crippen LogP contribution in [0.1, 0.15) is 44.4 Å². The average Bonchev–Trinajstić information content (AvgIpc) is 2.90. The maximum Gasteiger partial charge on any atom is 0.137 e. The zero-order valence-electron chi connectivity index (χ0n) is 12.8. The summed E-state index contributed by atoms with van der Waals surface area (Å²) in [6.07, 6.45) is 3.13. The molecule has 2 aromatic rings. The standard InChI is InChI=1S/C16H20N4O/c1-15(2,9-17)13-5-12(8-20-11-18-10-19-20)6-14(7-13)16(3,4)21/h5-7,10-11,21H,8H2,1-4H3. The number of rotatable bonds is 4. The Morgan fingerprint density at radius 1 is 1.19 bits per heavy atom. The van der Waals surface area contributed by atoms with E-state index in [-0.39, 0.29) is 0 Å². The third-order valence-electron chi connectivity index (χ3n) is 3.51. The second-order valence-electron chi connectivity index (χ2n) is 6.31. The first kappa shape index (κ1) is 15.2. The van der Waals surface area contributed by atoms with Gasteiger partial charge >= 0.3 is 0 Å². The molecule has 0 fully saturated rings. The predicted molar refractivity (Wildman–Crippen MR) is 79.4 cm³/mol. The minimum Gasteiger partial charge on any atom is -0.386 e. The number of nitrogens with zero attached hydrogens (tertiary/aromatic N) is 4. The molecule has 0 aliphatic carbocycles. The molecule has 0 spiro atoms. The summed E-state index contributed by atoms with van der Waals surface area (Å²) < 4.78 is 1.71. The van der Waals surface area contributed by atoms with E-state index in [1.165, 1.54) is 6.33 Å². The molecule has 110 valence electrons. The lowest BCUT2D eigenvalue weighted by Gasteiger charge is -2.24. The van der Waals surface area contributed by atoms with Crippen molar-refractivity contribution < 1.29 is 5.11 Å². The van der Waals surface area contributed by atoms with Crippen LogP contribution in [0.5, 0.6) is 0 Å². The summed E-state index contributed by atoms with van der Waals surface area (Å²) in [5, 5.41) is 23.7. The summed E-state index contributed by atoms with van der Waals surface area (Å²) in [7, 11) is 0. The zero-order chi connectivity index (χ0) is 15.7. The van der Waals surface area contributed by atoms with E-state index in [2.05, 4.69) is 16.2 Å². The van der Waals surface area contributed by atoms with Gasteiger partial charge in [0.25, 0.3) is 0 Å². The molecule has 1 aromatic heterocycles. The van der Waals surface area contributed by atoms with Crippen LogP contribution in [0, 0.1) is 11.3 Å². The Bertz CT molecular complexity index is 661. The first-order chi connectivity index (χ1) is 9.72. The lowest BCUT2D eigenvalue weighted by atomic mass is 9.82. The molecule has 0 saturated carbocycles. The lowest BCUT2D eigenvalue weighted by molar-refractivity contribution is 0.0783. The molecule has 21 heavy (non-hydrogen) atoms. The molecule has 0 unspecified atom stereocenters. The van der Waals surface area contributed by atoms with Crippen LogP contribution in [0.4, 0.5) is 0 Å². The molecule has 0 amide bonds. The van der Waals surface area contributed by atoms with Crippen molar-refractivity contribution in [2.24, 2.45) is 0 Å². The highest BCUT2D eigenvalue weighted by molar-refractivity contribution is 5.39. The van der Waals surface area contributed by atoms with Crippen LogP contribution in [0.25, 0.3) is 0 Å². The van der Waals surface area contributed by atoms with Gasteiger partial charge in [0.15, 0.2) is 0 Å². The van der Waals surface area contributed by atoms with Crippen LogP contribution in [-0.4, -0.2) is 19.9 Å². The van der Waals surface area contributed by atoms with Crippen molar-refractivity contribution >= 4 is 0 Å². The molecule has 0 radical (unpaired) electrons. The smallest absolute Gasteiger partial charge is 0.137 e. The SMILES string of the molecule is CC(C)(O)c1cc(Cn2cncn2)cc(C(C)(C)C#N)c1.